The summed E-state index contributed by atoms with van der Waals surface area (Å²) in [5.74, 6) is -1.00. The minimum Gasteiger partial charge on any atom is -0.477 e. The standard InChI is InChI=1S/C30H30N2O4/c1-21-14-16-22(17-15-21)18-32-27-13-6-5-12-25(27)26(28(32)29(33)34)19-31(24-10-7-11-24)30(35)36-20-23-8-3-2-4-9-23/h2-6,8-9,12-17,24H,7,10-11,18-20H2,1H3,(H,33,34). The fourth-order valence-electron chi connectivity index (χ4n) is 4.83. The van der Waals surface area contributed by atoms with E-state index in [1.54, 1.807) is 4.90 Å². The van der Waals surface area contributed by atoms with Crippen molar-refractivity contribution < 1.29 is 19.4 Å². The van der Waals surface area contributed by atoms with Gasteiger partial charge in [-0.3, -0.25) is 0 Å². The van der Waals surface area contributed by atoms with Crippen LogP contribution in [-0.2, 0) is 24.4 Å². The molecule has 0 saturated heterocycles. The number of carbonyl (C=O) groups excluding carboxylic acids is 1. The molecular weight excluding hydrogens is 452 g/mol. The first-order chi connectivity index (χ1) is 17.5. The molecule has 0 atom stereocenters. The first-order valence-electron chi connectivity index (χ1n) is 12.4. The van der Waals surface area contributed by atoms with Gasteiger partial charge in [0, 0.05) is 29.1 Å². The summed E-state index contributed by atoms with van der Waals surface area (Å²) < 4.78 is 7.53. The molecule has 4 aromatic rings. The van der Waals surface area contributed by atoms with E-state index in [-0.39, 0.29) is 24.9 Å². The van der Waals surface area contributed by atoms with Crippen LogP contribution >= 0.6 is 0 Å². The zero-order chi connectivity index (χ0) is 25.1. The molecule has 0 spiro atoms. The van der Waals surface area contributed by atoms with Crippen LogP contribution in [0, 0.1) is 6.92 Å². The number of hydrogen-bond donors (Lipinski definition) is 1. The number of carboxylic acids is 1. The molecule has 3 aromatic carbocycles. The fourth-order valence-corrected chi connectivity index (χ4v) is 4.83. The zero-order valence-corrected chi connectivity index (χ0v) is 20.4. The molecule has 0 aliphatic heterocycles. The van der Waals surface area contributed by atoms with Crippen molar-refractivity contribution in [2.45, 2.75) is 51.9 Å². The highest BCUT2D eigenvalue weighted by Crippen LogP contribution is 2.33. The van der Waals surface area contributed by atoms with Gasteiger partial charge in [0.2, 0.25) is 0 Å². The second-order valence-electron chi connectivity index (χ2n) is 9.47. The van der Waals surface area contributed by atoms with E-state index in [4.69, 9.17) is 4.74 Å². The van der Waals surface area contributed by atoms with Crippen LogP contribution in [0.2, 0.25) is 0 Å². The van der Waals surface area contributed by atoms with E-state index in [1.165, 1.54) is 0 Å². The maximum atomic E-state index is 13.3. The third-order valence-electron chi connectivity index (χ3n) is 7.02. The van der Waals surface area contributed by atoms with Crippen molar-refractivity contribution in [3.63, 3.8) is 0 Å². The van der Waals surface area contributed by atoms with E-state index in [0.717, 1.165) is 46.9 Å². The van der Waals surface area contributed by atoms with Gasteiger partial charge < -0.3 is 19.3 Å². The Hall–Kier alpha value is -4.06. The topological polar surface area (TPSA) is 71.8 Å². The van der Waals surface area contributed by atoms with E-state index < -0.39 is 12.1 Å². The first kappa shape index (κ1) is 23.7. The van der Waals surface area contributed by atoms with Crippen molar-refractivity contribution in [1.29, 1.82) is 0 Å². The Morgan fingerprint density at radius 3 is 2.31 bits per heavy atom. The number of benzene rings is 3. The van der Waals surface area contributed by atoms with Crippen LogP contribution in [0.25, 0.3) is 10.9 Å². The number of rotatable bonds is 8. The van der Waals surface area contributed by atoms with Gasteiger partial charge in [-0.25, -0.2) is 9.59 Å². The molecule has 1 heterocycles. The molecule has 0 radical (unpaired) electrons. The number of amides is 1. The minimum absolute atomic E-state index is 0.0501. The SMILES string of the molecule is Cc1ccc(Cn2c(C(=O)O)c(CN(C(=O)OCc3ccccc3)C3CCC3)c3ccccc32)cc1. The van der Waals surface area contributed by atoms with Crippen molar-refractivity contribution in [3.8, 4) is 0 Å². The smallest absolute Gasteiger partial charge is 0.410 e. The summed E-state index contributed by atoms with van der Waals surface area (Å²) in [7, 11) is 0. The van der Waals surface area contributed by atoms with Gasteiger partial charge in [0.25, 0.3) is 0 Å². The maximum absolute atomic E-state index is 13.3. The Morgan fingerprint density at radius 1 is 0.944 bits per heavy atom. The number of para-hydroxylation sites is 1. The summed E-state index contributed by atoms with van der Waals surface area (Å²) in [6, 6.07) is 25.5. The molecule has 1 fully saturated rings. The monoisotopic (exact) mass is 482 g/mol. The largest absolute Gasteiger partial charge is 0.477 e. The lowest BCUT2D eigenvalue weighted by Crippen LogP contribution is -2.44. The van der Waals surface area contributed by atoms with Gasteiger partial charge in [-0.1, -0.05) is 78.4 Å². The maximum Gasteiger partial charge on any atom is 0.410 e. The van der Waals surface area contributed by atoms with Crippen LogP contribution in [-0.4, -0.2) is 32.7 Å². The molecule has 5 rings (SSSR count). The lowest BCUT2D eigenvalue weighted by molar-refractivity contribution is 0.0570. The van der Waals surface area contributed by atoms with Crippen LogP contribution in [0.15, 0.2) is 78.9 Å². The molecule has 1 amide bonds. The molecular formula is C30H30N2O4. The zero-order valence-electron chi connectivity index (χ0n) is 20.4. The van der Waals surface area contributed by atoms with E-state index in [1.807, 2.05) is 90.4 Å². The summed E-state index contributed by atoms with van der Waals surface area (Å²) in [5, 5.41) is 11.2. The van der Waals surface area contributed by atoms with E-state index in [0.29, 0.717) is 12.1 Å². The molecule has 1 aromatic heterocycles. The van der Waals surface area contributed by atoms with Crippen molar-refractivity contribution in [2.24, 2.45) is 0 Å². The van der Waals surface area contributed by atoms with Gasteiger partial charge in [-0.05, 0) is 43.4 Å². The van der Waals surface area contributed by atoms with Gasteiger partial charge in [-0.2, -0.15) is 0 Å². The summed E-state index contributed by atoms with van der Waals surface area (Å²) in [4.78, 5) is 27.6. The van der Waals surface area contributed by atoms with E-state index in [9.17, 15) is 14.7 Å². The second kappa shape index (κ2) is 10.3. The predicted octanol–water partition coefficient (Wildman–Crippen LogP) is 6.39. The van der Waals surface area contributed by atoms with Gasteiger partial charge in [-0.15, -0.1) is 0 Å². The number of hydrogen-bond acceptors (Lipinski definition) is 3. The summed E-state index contributed by atoms with van der Waals surface area (Å²) in [5.41, 5.74) is 4.80. The van der Waals surface area contributed by atoms with Crippen molar-refractivity contribution >= 4 is 23.0 Å². The van der Waals surface area contributed by atoms with Crippen molar-refractivity contribution in [1.82, 2.24) is 9.47 Å². The van der Waals surface area contributed by atoms with Crippen LogP contribution < -0.4 is 0 Å². The molecule has 184 valence electrons. The number of carbonyl (C=O) groups is 2. The molecule has 6 heteroatoms. The number of nitrogens with zero attached hydrogens (tertiary/aromatic N) is 2. The third kappa shape index (κ3) is 4.85. The highest BCUT2D eigenvalue weighted by atomic mass is 16.6. The van der Waals surface area contributed by atoms with Gasteiger partial charge in [0.05, 0.1) is 6.54 Å². The number of ether oxygens (including phenoxy) is 1. The summed E-state index contributed by atoms with van der Waals surface area (Å²) in [6.45, 7) is 2.84. The molecule has 1 aliphatic rings. The van der Waals surface area contributed by atoms with Crippen LogP contribution in [0.5, 0.6) is 0 Å². The Balaban J connectivity index is 1.50. The highest BCUT2D eigenvalue weighted by Gasteiger charge is 2.33. The summed E-state index contributed by atoms with van der Waals surface area (Å²) in [6.07, 6.45) is 2.43. The van der Waals surface area contributed by atoms with Gasteiger partial charge in [0.1, 0.15) is 12.3 Å². The average Bonchev–Trinajstić information content (AvgIpc) is 3.16. The average molecular weight is 483 g/mol. The molecule has 36 heavy (non-hydrogen) atoms. The van der Waals surface area contributed by atoms with E-state index in [2.05, 4.69) is 0 Å². The number of aromatic nitrogens is 1. The lowest BCUT2D eigenvalue weighted by Gasteiger charge is -2.36. The molecule has 1 N–H and O–H groups in total. The lowest BCUT2D eigenvalue weighted by atomic mass is 9.91. The van der Waals surface area contributed by atoms with Gasteiger partial charge >= 0.3 is 12.1 Å². The predicted molar refractivity (Wildman–Crippen MR) is 139 cm³/mol. The van der Waals surface area contributed by atoms with Crippen LogP contribution in [0.3, 0.4) is 0 Å². The van der Waals surface area contributed by atoms with Crippen molar-refractivity contribution in [2.75, 3.05) is 0 Å². The van der Waals surface area contributed by atoms with E-state index >= 15 is 0 Å². The fraction of sp³-hybridized carbons (Fsp3) is 0.267. The normalized spacial score (nSPS) is 13.4. The number of fused-ring (bicyclic) bond motifs is 1. The number of aryl methyl sites for hydroxylation is 1. The Morgan fingerprint density at radius 2 is 1.64 bits per heavy atom. The molecule has 1 aliphatic carbocycles. The Labute approximate surface area is 210 Å². The first-order valence-corrected chi connectivity index (χ1v) is 12.4. The van der Waals surface area contributed by atoms with Gasteiger partial charge in [0.15, 0.2) is 0 Å². The third-order valence-corrected chi connectivity index (χ3v) is 7.02. The Bertz CT molecular complexity index is 1370. The molecule has 0 bridgehead atoms. The number of aromatic carboxylic acids is 1. The number of carboxylic acid groups (broad SMARTS) is 1. The highest BCUT2D eigenvalue weighted by molar-refractivity contribution is 5.98. The van der Waals surface area contributed by atoms with Crippen molar-refractivity contribution in [3.05, 3.63) is 107 Å². The quantitative estimate of drug-likeness (QED) is 0.316. The Kier molecular flexibility index (Phi) is 6.76. The van der Waals surface area contributed by atoms with Crippen LogP contribution in [0.4, 0.5) is 4.79 Å². The molecule has 6 nitrogen and oxygen atoms in total. The molecule has 0 unspecified atom stereocenters. The summed E-state index contributed by atoms with van der Waals surface area (Å²) >= 11 is 0. The van der Waals surface area contributed by atoms with Crippen LogP contribution in [0.1, 0.15) is 52.0 Å². The minimum atomic E-state index is -1.00. The molecule has 1 saturated carbocycles. The second-order valence-corrected chi connectivity index (χ2v) is 9.47.